The zero-order valence-electron chi connectivity index (χ0n) is 11.5. The van der Waals surface area contributed by atoms with Crippen molar-refractivity contribution >= 4 is 5.97 Å². The average molecular weight is 234 g/mol. The summed E-state index contributed by atoms with van der Waals surface area (Å²) >= 11 is 0. The van der Waals surface area contributed by atoms with Crippen LogP contribution in [0.5, 0.6) is 0 Å². The van der Waals surface area contributed by atoms with Crippen LogP contribution in [0.3, 0.4) is 0 Å². The minimum atomic E-state index is -0.785. The molecule has 0 amide bonds. The molecule has 2 nitrogen and oxygen atoms in total. The molecule has 0 radical (unpaired) electrons. The highest BCUT2D eigenvalue weighted by Crippen LogP contribution is 2.29. The van der Waals surface area contributed by atoms with E-state index >= 15 is 0 Å². The van der Waals surface area contributed by atoms with Crippen LogP contribution in [0.15, 0.2) is 0 Å². The Hall–Kier alpha value is -1.31. The second-order valence-corrected chi connectivity index (χ2v) is 4.43. The fraction of sp³-hybridized carbons (Fsp3) is 0.533. The second-order valence-electron chi connectivity index (χ2n) is 4.43. The van der Waals surface area contributed by atoms with Gasteiger partial charge in [0.2, 0.25) is 0 Å². The van der Waals surface area contributed by atoms with Gasteiger partial charge < -0.3 is 5.11 Å². The van der Waals surface area contributed by atoms with Crippen molar-refractivity contribution in [2.45, 2.75) is 53.9 Å². The number of carboxylic acids is 1. The largest absolute Gasteiger partial charge is 0.478 e. The molecule has 2 heteroatoms. The molecule has 0 saturated heterocycles. The zero-order chi connectivity index (χ0) is 13.2. The normalized spacial score (nSPS) is 10.6. The fourth-order valence-electron chi connectivity index (χ4n) is 2.88. The van der Waals surface area contributed by atoms with Crippen molar-refractivity contribution in [2.75, 3.05) is 0 Å². The molecule has 1 rings (SSSR count). The van der Waals surface area contributed by atoms with Gasteiger partial charge in [0, 0.05) is 0 Å². The Morgan fingerprint density at radius 1 is 0.882 bits per heavy atom. The minimum Gasteiger partial charge on any atom is -0.478 e. The molecule has 0 unspecified atom stereocenters. The van der Waals surface area contributed by atoms with Crippen LogP contribution in [-0.4, -0.2) is 11.1 Å². The fourth-order valence-corrected chi connectivity index (χ4v) is 2.88. The molecule has 1 aromatic carbocycles. The Kier molecular flexibility index (Phi) is 4.33. The van der Waals surface area contributed by atoms with Crippen LogP contribution >= 0.6 is 0 Å². The maximum Gasteiger partial charge on any atom is 0.336 e. The van der Waals surface area contributed by atoms with Gasteiger partial charge in [-0.15, -0.1) is 0 Å². The van der Waals surface area contributed by atoms with Crippen molar-refractivity contribution < 1.29 is 9.90 Å². The van der Waals surface area contributed by atoms with E-state index in [0.29, 0.717) is 5.56 Å². The highest BCUT2D eigenvalue weighted by atomic mass is 16.4. The van der Waals surface area contributed by atoms with Crippen molar-refractivity contribution in [1.82, 2.24) is 0 Å². The summed E-state index contributed by atoms with van der Waals surface area (Å²) in [5.41, 5.74) is 6.23. The molecule has 0 spiro atoms. The van der Waals surface area contributed by atoms with Crippen LogP contribution in [0.25, 0.3) is 0 Å². The Bertz CT molecular complexity index is 414. The van der Waals surface area contributed by atoms with Crippen LogP contribution in [-0.2, 0) is 19.3 Å². The molecule has 0 aliphatic carbocycles. The molecule has 0 aliphatic heterocycles. The second kappa shape index (κ2) is 5.35. The van der Waals surface area contributed by atoms with E-state index in [-0.39, 0.29) is 0 Å². The first kappa shape index (κ1) is 13.8. The summed E-state index contributed by atoms with van der Waals surface area (Å²) in [5.74, 6) is -0.785. The van der Waals surface area contributed by atoms with Gasteiger partial charge >= 0.3 is 5.97 Å². The van der Waals surface area contributed by atoms with E-state index in [1.165, 1.54) is 16.7 Å². The molecule has 1 N–H and O–H groups in total. The third kappa shape index (κ3) is 2.21. The maximum atomic E-state index is 11.5. The van der Waals surface area contributed by atoms with E-state index in [9.17, 15) is 9.90 Å². The van der Waals surface area contributed by atoms with Crippen molar-refractivity contribution in [2.24, 2.45) is 0 Å². The lowest BCUT2D eigenvalue weighted by atomic mass is 9.84. The first-order valence-electron chi connectivity index (χ1n) is 6.36. The van der Waals surface area contributed by atoms with Gasteiger partial charge in [-0.1, -0.05) is 20.8 Å². The van der Waals surface area contributed by atoms with Crippen LogP contribution in [0, 0.1) is 13.8 Å². The van der Waals surface area contributed by atoms with Gasteiger partial charge in [0.15, 0.2) is 0 Å². The Morgan fingerprint density at radius 3 is 1.47 bits per heavy atom. The van der Waals surface area contributed by atoms with Crippen LogP contribution in [0.1, 0.15) is 58.9 Å². The van der Waals surface area contributed by atoms with Crippen LogP contribution in [0.2, 0.25) is 0 Å². The van der Waals surface area contributed by atoms with E-state index in [1.54, 1.807) is 0 Å². The summed E-state index contributed by atoms with van der Waals surface area (Å²) in [6.07, 6.45) is 2.54. The molecular formula is C15H22O2. The van der Waals surface area contributed by atoms with Gasteiger partial charge in [0.1, 0.15) is 0 Å². The number of aromatic carboxylic acids is 1. The molecule has 1 aromatic rings. The summed E-state index contributed by atoms with van der Waals surface area (Å²) in [6, 6.07) is 0. The predicted molar refractivity (Wildman–Crippen MR) is 71.0 cm³/mol. The quantitative estimate of drug-likeness (QED) is 0.862. The standard InChI is InChI=1S/C15H22O2/c1-6-11-9(4)12(7-2)14(15(16)17)13(8-3)10(11)5/h6-8H2,1-5H3,(H,16,17). The van der Waals surface area contributed by atoms with Gasteiger partial charge in [0.05, 0.1) is 5.56 Å². The predicted octanol–water partition coefficient (Wildman–Crippen LogP) is 3.69. The van der Waals surface area contributed by atoms with Gasteiger partial charge in [-0.2, -0.15) is 0 Å². The number of rotatable bonds is 4. The summed E-state index contributed by atoms with van der Waals surface area (Å²) < 4.78 is 0. The summed E-state index contributed by atoms with van der Waals surface area (Å²) in [4.78, 5) is 11.5. The minimum absolute atomic E-state index is 0.544. The van der Waals surface area contributed by atoms with E-state index < -0.39 is 5.97 Å². The van der Waals surface area contributed by atoms with Crippen LogP contribution in [0.4, 0.5) is 0 Å². The number of carbonyl (C=O) groups is 1. The van der Waals surface area contributed by atoms with Crippen molar-refractivity contribution in [3.05, 3.63) is 33.4 Å². The number of carboxylic acid groups (broad SMARTS) is 1. The number of hydrogen-bond acceptors (Lipinski definition) is 1. The van der Waals surface area contributed by atoms with Gasteiger partial charge in [-0.25, -0.2) is 4.79 Å². The van der Waals surface area contributed by atoms with E-state index in [2.05, 4.69) is 20.8 Å². The summed E-state index contributed by atoms with van der Waals surface area (Å²) in [7, 11) is 0. The maximum absolute atomic E-state index is 11.5. The van der Waals surface area contributed by atoms with Crippen molar-refractivity contribution in [1.29, 1.82) is 0 Å². The molecule has 0 saturated carbocycles. The van der Waals surface area contributed by atoms with E-state index in [1.807, 2.05) is 13.8 Å². The summed E-state index contributed by atoms with van der Waals surface area (Å²) in [5, 5.41) is 9.42. The lowest BCUT2D eigenvalue weighted by molar-refractivity contribution is 0.0694. The molecule has 0 heterocycles. The Morgan fingerprint density at radius 2 is 1.24 bits per heavy atom. The van der Waals surface area contributed by atoms with E-state index in [4.69, 9.17) is 0 Å². The van der Waals surface area contributed by atoms with Gasteiger partial charge in [-0.05, 0) is 60.9 Å². The third-order valence-electron chi connectivity index (χ3n) is 3.69. The lowest BCUT2D eigenvalue weighted by Crippen LogP contribution is -2.13. The molecule has 0 atom stereocenters. The van der Waals surface area contributed by atoms with Gasteiger partial charge in [0.25, 0.3) is 0 Å². The molecule has 0 aromatic heterocycles. The molecule has 0 aliphatic rings. The first-order valence-corrected chi connectivity index (χ1v) is 6.36. The van der Waals surface area contributed by atoms with E-state index in [0.717, 1.165) is 30.4 Å². The molecule has 0 bridgehead atoms. The lowest BCUT2D eigenvalue weighted by Gasteiger charge is -2.20. The smallest absolute Gasteiger partial charge is 0.336 e. The molecular weight excluding hydrogens is 212 g/mol. The number of hydrogen-bond donors (Lipinski definition) is 1. The van der Waals surface area contributed by atoms with Crippen molar-refractivity contribution in [3.8, 4) is 0 Å². The monoisotopic (exact) mass is 234 g/mol. The van der Waals surface area contributed by atoms with Gasteiger partial charge in [-0.3, -0.25) is 0 Å². The molecule has 0 fully saturated rings. The SMILES string of the molecule is CCc1c(C)c(CC)c(C(=O)O)c(CC)c1C. The third-order valence-corrected chi connectivity index (χ3v) is 3.69. The van der Waals surface area contributed by atoms with Crippen molar-refractivity contribution in [3.63, 3.8) is 0 Å². The molecule has 94 valence electrons. The summed E-state index contributed by atoms with van der Waals surface area (Å²) in [6.45, 7) is 10.3. The topological polar surface area (TPSA) is 37.3 Å². The first-order chi connectivity index (χ1) is 7.99. The van der Waals surface area contributed by atoms with Crippen LogP contribution < -0.4 is 0 Å². The highest BCUT2D eigenvalue weighted by molar-refractivity contribution is 5.92. The highest BCUT2D eigenvalue weighted by Gasteiger charge is 2.20. The zero-order valence-corrected chi connectivity index (χ0v) is 11.5. The number of benzene rings is 1. The Labute approximate surface area is 104 Å². The Balaban J connectivity index is 3.74. The molecule has 17 heavy (non-hydrogen) atoms. The average Bonchev–Trinajstić information content (AvgIpc) is 2.28.